The highest BCUT2D eigenvalue weighted by atomic mass is 16.3. The summed E-state index contributed by atoms with van der Waals surface area (Å²) in [6.07, 6.45) is 0.989. The van der Waals surface area contributed by atoms with E-state index in [1.807, 2.05) is 0 Å². The minimum absolute atomic E-state index is 0.00791. The lowest BCUT2D eigenvalue weighted by atomic mass is 9.98. The molecule has 2 N–H and O–H groups in total. The van der Waals surface area contributed by atoms with Gasteiger partial charge in [-0.25, -0.2) is 4.98 Å². The minimum atomic E-state index is -0.178. The number of hydrogen-bond acceptors (Lipinski definition) is 4. The topological polar surface area (TPSA) is 84.2 Å². The second-order valence-corrected chi connectivity index (χ2v) is 4.94. The molecule has 0 bridgehead atoms. The normalized spacial score (nSPS) is 18.9. The number of piperidine rings is 1. The molecule has 2 aromatic rings. The zero-order valence-corrected chi connectivity index (χ0v) is 11.1. The van der Waals surface area contributed by atoms with Gasteiger partial charge in [0.25, 0.3) is 0 Å². The summed E-state index contributed by atoms with van der Waals surface area (Å²) in [5.74, 6) is 0.346. The van der Waals surface area contributed by atoms with Crippen LogP contribution in [0.15, 0.2) is 22.6 Å². The first-order chi connectivity index (χ1) is 9.61. The molecule has 20 heavy (non-hydrogen) atoms. The van der Waals surface area contributed by atoms with Crippen LogP contribution in [0.4, 0.5) is 5.69 Å². The Morgan fingerprint density at radius 1 is 1.50 bits per heavy atom. The minimum Gasteiger partial charge on any atom is -0.441 e. The highest BCUT2D eigenvalue weighted by Crippen LogP contribution is 2.21. The van der Waals surface area contributed by atoms with Gasteiger partial charge in [-0.15, -0.1) is 0 Å². The third kappa shape index (κ3) is 2.49. The van der Waals surface area contributed by atoms with E-state index in [2.05, 4.69) is 15.6 Å². The van der Waals surface area contributed by atoms with Gasteiger partial charge >= 0.3 is 0 Å². The molecule has 0 saturated carbocycles. The van der Waals surface area contributed by atoms with E-state index >= 15 is 0 Å². The molecule has 1 aliphatic heterocycles. The number of benzene rings is 1. The summed E-state index contributed by atoms with van der Waals surface area (Å²) in [5, 5.41) is 5.56. The third-order valence-electron chi connectivity index (χ3n) is 3.40. The molecule has 2 amide bonds. The number of nitrogens with one attached hydrogen (secondary N) is 2. The number of rotatable bonds is 2. The molecule has 6 nitrogen and oxygen atoms in total. The number of oxazole rings is 1. The fourth-order valence-electron chi connectivity index (χ4n) is 2.32. The van der Waals surface area contributed by atoms with Crippen LogP contribution in [0.2, 0.25) is 0 Å². The summed E-state index contributed by atoms with van der Waals surface area (Å²) in [6, 6.07) is 5.35. The van der Waals surface area contributed by atoms with E-state index in [0.717, 1.165) is 5.52 Å². The highest BCUT2D eigenvalue weighted by Gasteiger charge is 2.24. The average molecular weight is 273 g/mol. The monoisotopic (exact) mass is 273 g/mol. The number of hydrogen-bond donors (Lipinski definition) is 2. The number of carbonyl (C=O) groups excluding carboxylic acids is 2. The lowest BCUT2D eigenvalue weighted by molar-refractivity contribution is -0.126. The molecular weight excluding hydrogens is 258 g/mol. The van der Waals surface area contributed by atoms with Crippen LogP contribution in [0.3, 0.4) is 0 Å². The van der Waals surface area contributed by atoms with Gasteiger partial charge in [0.1, 0.15) is 5.52 Å². The second kappa shape index (κ2) is 4.96. The van der Waals surface area contributed by atoms with Gasteiger partial charge in [0.15, 0.2) is 11.5 Å². The second-order valence-electron chi connectivity index (χ2n) is 4.94. The predicted molar refractivity (Wildman–Crippen MR) is 73.1 cm³/mol. The number of carbonyl (C=O) groups is 2. The Bertz CT molecular complexity index is 667. The van der Waals surface area contributed by atoms with Crippen LogP contribution in [0.25, 0.3) is 11.1 Å². The number of aromatic nitrogens is 1. The van der Waals surface area contributed by atoms with Gasteiger partial charge in [0, 0.05) is 25.6 Å². The van der Waals surface area contributed by atoms with E-state index in [1.54, 1.807) is 25.1 Å². The molecule has 0 spiro atoms. The van der Waals surface area contributed by atoms with Crippen molar-refractivity contribution in [3.05, 3.63) is 24.1 Å². The van der Waals surface area contributed by atoms with Crippen molar-refractivity contribution in [2.75, 3.05) is 11.9 Å². The molecule has 1 fully saturated rings. The molecule has 3 rings (SSSR count). The molecule has 0 aliphatic carbocycles. The Labute approximate surface area is 115 Å². The van der Waals surface area contributed by atoms with Gasteiger partial charge in [-0.1, -0.05) is 0 Å². The molecule has 1 unspecified atom stereocenters. The molecular formula is C14H15N3O3. The summed E-state index contributed by atoms with van der Waals surface area (Å²) in [6.45, 7) is 2.18. The van der Waals surface area contributed by atoms with Crippen LogP contribution in [-0.4, -0.2) is 23.3 Å². The highest BCUT2D eigenvalue weighted by molar-refractivity contribution is 5.95. The summed E-state index contributed by atoms with van der Waals surface area (Å²) < 4.78 is 5.38. The molecule has 1 aromatic carbocycles. The largest absolute Gasteiger partial charge is 0.441 e. The number of aryl methyl sites for hydroxylation is 1. The maximum absolute atomic E-state index is 12.1. The zero-order chi connectivity index (χ0) is 14.1. The maximum atomic E-state index is 12.1. The van der Waals surface area contributed by atoms with Gasteiger partial charge in [-0.2, -0.15) is 0 Å². The van der Waals surface area contributed by atoms with Crippen molar-refractivity contribution in [3.8, 4) is 0 Å². The molecule has 2 heterocycles. The number of fused-ring (bicyclic) bond motifs is 1. The van der Waals surface area contributed by atoms with E-state index in [4.69, 9.17) is 4.42 Å². The molecule has 1 atom stereocenters. The first-order valence-corrected chi connectivity index (χ1v) is 6.56. The van der Waals surface area contributed by atoms with Crippen LogP contribution in [0.5, 0.6) is 0 Å². The number of nitrogens with zero attached hydrogens (tertiary/aromatic N) is 1. The molecule has 6 heteroatoms. The van der Waals surface area contributed by atoms with Gasteiger partial charge < -0.3 is 15.1 Å². The Hall–Kier alpha value is -2.37. The fourth-order valence-corrected chi connectivity index (χ4v) is 2.32. The van der Waals surface area contributed by atoms with Crippen LogP contribution < -0.4 is 10.6 Å². The van der Waals surface area contributed by atoms with Crippen LogP contribution >= 0.6 is 0 Å². The molecule has 104 valence electrons. The van der Waals surface area contributed by atoms with Crippen molar-refractivity contribution in [2.24, 2.45) is 5.92 Å². The lowest BCUT2D eigenvalue weighted by Gasteiger charge is -2.21. The van der Waals surface area contributed by atoms with E-state index in [0.29, 0.717) is 36.5 Å². The van der Waals surface area contributed by atoms with Crippen molar-refractivity contribution >= 4 is 28.6 Å². The Morgan fingerprint density at radius 3 is 3.10 bits per heavy atom. The van der Waals surface area contributed by atoms with Crippen molar-refractivity contribution in [2.45, 2.75) is 19.8 Å². The lowest BCUT2D eigenvalue weighted by Crippen LogP contribution is -2.40. The van der Waals surface area contributed by atoms with Crippen LogP contribution in [-0.2, 0) is 9.59 Å². The molecule has 0 radical (unpaired) electrons. The first-order valence-electron chi connectivity index (χ1n) is 6.56. The average Bonchev–Trinajstić information content (AvgIpc) is 2.78. The van der Waals surface area contributed by atoms with E-state index in [-0.39, 0.29) is 17.7 Å². The predicted octanol–water partition coefficient (Wildman–Crippen LogP) is 1.60. The summed E-state index contributed by atoms with van der Waals surface area (Å²) in [5.41, 5.74) is 2.11. The molecule has 1 aromatic heterocycles. The first kappa shape index (κ1) is 12.7. The van der Waals surface area contributed by atoms with E-state index in [1.165, 1.54) is 0 Å². The Kier molecular flexibility index (Phi) is 3.14. The van der Waals surface area contributed by atoms with Crippen molar-refractivity contribution < 1.29 is 14.0 Å². The third-order valence-corrected chi connectivity index (χ3v) is 3.40. The maximum Gasteiger partial charge on any atom is 0.229 e. The summed E-state index contributed by atoms with van der Waals surface area (Å²) >= 11 is 0. The Balaban J connectivity index is 1.72. The van der Waals surface area contributed by atoms with Crippen molar-refractivity contribution in [3.63, 3.8) is 0 Å². The van der Waals surface area contributed by atoms with Gasteiger partial charge in [-0.05, 0) is 24.6 Å². The fraction of sp³-hybridized carbons (Fsp3) is 0.357. The molecule has 1 aliphatic rings. The van der Waals surface area contributed by atoms with Gasteiger partial charge in [0.2, 0.25) is 11.8 Å². The van der Waals surface area contributed by atoms with Crippen molar-refractivity contribution in [1.82, 2.24) is 10.3 Å². The van der Waals surface area contributed by atoms with Crippen LogP contribution in [0, 0.1) is 12.8 Å². The zero-order valence-electron chi connectivity index (χ0n) is 11.1. The standard InChI is InChI=1S/C14H15N3O3/c1-8-16-11-6-10(3-4-12(11)20-8)17-14(19)9-2-5-13(18)15-7-9/h3-4,6,9H,2,5,7H2,1H3,(H,15,18)(H,17,19). The van der Waals surface area contributed by atoms with Gasteiger partial charge in [-0.3, -0.25) is 9.59 Å². The Morgan fingerprint density at radius 2 is 2.35 bits per heavy atom. The molecule has 1 saturated heterocycles. The number of anilines is 1. The number of amides is 2. The quantitative estimate of drug-likeness (QED) is 0.870. The smallest absolute Gasteiger partial charge is 0.229 e. The van der Waals surface area contributed by atoms with E-state index < -0.39 is 0 Å². The summed E-state index contributed by atoms with van der Waals surface area (Å²) in [4.78, 5) is 27.4. The SMILES string of the molecule is Cc1nc2cc(NC(=O)C3CCC(=O)NC3)ccc2o1. The van der Waals surface area contributed by atoms with Crippen molar-refractivity contribution in [1.29, 1.82) is 0 Å². The van der Waals surface area contributed by atoms with E-state index in [9.17, 15) is 9.59 Å². The summed E-state index contributed by atoms with van der Waals surface area (Å²) in [7, 11) is 0. The van der Waals surface area contributed by atoms with Gasteiger partial charge in [0.05, 0.1) is 5.92 Å². The van der Waals surface area contributed by atoms with Crippen LogP contribution in [0.1, 0.15) is 18.7 Å².